The number of sulfone groups is 1. The van der Waals surface area contributed by atoms with Crippen molar-refractivity contribution in [2.24, 2.45) is 7.05 Å². The lowest BCUT2D eigenvalue weighted by molar-refractivity contribution is 0.0967. The standard InChI is InChI=1S/C17H15ClN2O4S/c1-9-10(2)17(22)15-14(16(9)21)19-13(20(15)3)8-25(23,24)12-6-4-11(18)5-7-12/h4-7H,8H2,1-3H3. The molecule has 8 heteroatoms. The molecular formula is C17H15ClN2O4S. The molecule has 0 saturated carbocycles. The number of benzene rings is 1. The normalized spacial score (nSPS) is 14.9. The average molecular weight is 379 g/mol. The predicted octanol–water partition coefficient (Wildman–Crippen LogP) is 2.76. The SMILES string of the molecule is CC1=C(C)C(=O)c2c(nc(CS(=O)(=O)c3ccc(Cl)cc3)n2C)C1=O. The van der Waals surface area contributed by atoms with Gasteiger partial charge in [-0.05, 0) is 38.1 Å². The van der Waals surface area contributed by atoms with Gasteiger partial charge < -0.3 is 4.57 Å². The number of nitrogens with zero attached hydrogens (tertiary/aromatic N) is 2. The second kappa shape index (κ2) is 5.93. The highest BCUT2D eigenvalue weighted by molar-refractivity contribution is 7.90. The maximum atomic E-state index is 12.6. The van der Waals surface area contributed by atoms with Crippen LogP contribution < -0.4 is 0 Å². The van der Waals surface area contributed by atoms with Gasteiger partial charge in [-0.1, -0.05) is 11.6 Å². The third kappa shape index (κ3) is 2.83. The molecule has 0 fully saturated rings. The van der Waals surface area contributed by atoms with Crippen molar-refractivity contribution in [2.45, 2.75) is 24.5 Å². The Labute approximate surface area is 150 Å². The number of carbonyl (C=O) groups excluding carboxylic acids is 2. The molecule has 0 unspecified atom stereocenters. The lowest BCUT2D eigenvalue weighted by Gasteiger charge is -2.13. The van der Waals surface area contributed by atoms with Crippen LogP contribution in [0.25, 0.3) is 0 Å². The number of allylic oxidation sites excluding steroid dienone is 2. The van der Waals surface area contributed by atoms with E-state index >= 15 is 0 Å². The van der Waals surface area contributed by atoms with E-state index in [4.69, 9.17) is 11.6 Å². The third-order valence-electron chi connectivity index (χ3n) is 4.35. The van der Waals surface area contributed by atoms with Crippen LogP contribution >= 0.6 is 11.6 Å². The zero-order valence-corrected chi connectivity index (χ0v) is 15.4. The summed E-state index contributed by atoms with van der Waals surface area (Å²) in [5.41, 5.74) is 0.835. The molecule has 25 heavy (non-hydrogen) atoms. The molecule has 1 aliphatic rings. The Balaban J connectivity index is 2.04. The van der Waals surface area contributed by atoms with Crippen LogP contribution in [0.5, 0.6) is 0 Å². The van der Waals surface area contributed by atoms with Crippen molar-refractivity contribution in [3.63, 3.8) is 0 Å². The summed E-state index contributed by atoms with van der Waals surface area (Å²) in [6, 6.07) is 5.79. The van der Waals surface area contributed by atoms with Crippen LogP contribution in [0.4, 0.5) is 0 Å². The van der Waals surface area contributed by atoms with Gasteiger partial charge in [-0.15, -0.1) is 0 Å². The molecule has 0 saturated heterocycles. The van der Waals surface area contributed by atoms with Gasteiger partial charge in [-0.3, -0.25) is 9.59 Å². The molecule has 1 aromatic carbocycles. The summed E-state index contributed by atoms with van der Waals surface area (Å²) in [5, 5.41) is 0.430. The number of hydrogen-bond acceptors (Lipinski definition) is 5. The molecule has 0 radical (unpaired) electrons. The van der Waals surface area contributed by atoms with Crippen molar-refractivity contribution in [3.8, 4) is 0 Å². The molecule has 0 N–H and O–H groups in total. The van der Waals surface area contributed by atoms with Crippen LogP contribution in [-0.2, 0) is 22.6 Å². The Kier molecular flexibility index (Phi) is 4.17. The van der Waals surface area contributed by atoms with E-state index in [2.05, 4.69) is 4.98 Å². The van der Waals surface area contributed by atoms with Gasteiger partial charge in [-0.2, -0.15) is 0 Å². The van der Waals surface area contributed by atoms with Crippen molar-refractivity contribution in [3.05, 3.63) is 57.6 Å². The summed E-state index contributed by atoms with van der Waals surface area (Å²) in [4.78, 5) is 29.1. The van der Waals surface area contributed by atoms with Gasteiger partial charge in [0.2, 0.25) is 11.6 Å². The lowest BCUT2D eigenvalue weighted by atomic mass is 9.92. The highest BCUT2D eigenvalue weighted by atomic mass is 35.5. The van der Waals surface area contributed by atoms with E-state index in [9.17, 15) is 18.0 Å². The van der Waals surface area contributed by atoms with Crippen molar-refractivity contribution in [1.29, 1.82) is 0 Å². The summed E-state index contributed by atoms with van der Waals surface area (Å²) >= 11 is 5.78. The summed E-state index contributed by atoms with van der Waals surface area (Å²) in [5.74, 6) is -0.934. The first-order chi connectivity index (χ1) is 11.6. The molecule has 0 atom stereocenters. The molecule has 6 nitrogen and oxygen atoms in total. The first-order valence-electron chi connectivity index (χ1n) is 7.44. The topological polar surface area (TPSA) is 86.1 Å². The number of aromatic nitrogens is 2. The number of Topliss-reactive ketones (excluding diaryl/α,β-unsaturated/α-hetero) is 2. The number of imidazole rings is 1. The third-order valence-corrected chi connectivity index (χ3v) is 6.23. The average Bonchev–Trinajstić information content (AvgIpc) is 2.88. The first kappa shape index (κ1) is 17.6. The monoisotopic (exact) mass is 378 g/mol. The molecule has 3 rings (SSSR count). The quantitative estimate of drug-likeness (QED) is 0.819. The van der Waals surface area contributed by atoms with Gasteiger partial charge in [0, 0.05) is 23.2 Å². The lowest BCUT2D eigenvalue weighted by Crippen LogP contribution is -2.21. The van der Waals surface area contributed by atoms with E-state index in [-0.39, 0.29) is 33.7 Å². The Hall–Kier alpha value is -2.25. The first-order valence-corrected chi connectivity index (χ1v) is 9.47. The van der Waals surface area contributed by atoms with Crippen molar-refractivity contribution in [1.82, 2.24) is 9.55 Å². The number of rotatable bonds is 3. The van der Waals surface area contributed by atoms with Crippen LogP contribution in [0.2, 0.25) is 5.02 Å². The van der Waals surface area contributed by atoms with E-state index < -0.39 is 15.6 Å². The van der Waals surface area contributed by atoms with Crippen LogP contribution in [0.15, 0.2) is 40.3 Å². The molecule has 2 aromatic rings. The van der Waals surface area contributed by atoms with Crippen LogP contribution in [-0.4, -0.2) is 29.5 Å². The highest BCUT2D eigenvalue weighted by Crippen LogP contribution is 2.27. The van der Waals surface area contributed by atoms with Crippen molar-refractivity contribution in [2.75, 3.05) is 0 Å². The number of carbonyl (C=O) groups is 2. The Morgan fingerprint density at radius 2 is 1.60 bits per heavy atom. The van der Waals surface area contributed by atoms with Gasteiger partial charge in [0.1, 0.15) is 23.0 Å². The molecule has 1 aromatic heterocycles. The van der Waals surface area contributed by atoms with E-state index in [1.807, 2.05) is 0 Å². The van der Waals surface area contributed by atoms with Crippen LogP contribution in [0, 0.1) is 0 Å². The highest BCUT2D eigenvalue weighted by Gasteiger charge is 2.34. The van der Waals surface area contributed by atoms with E-state index in [1.54, 1.807) is 13.8 Å². The van der Waals surface area contributed by atoms with Gasteiger partial charge in [0.25, 0.3) is 0 Å². The smallest absolute Gasteiger partial charge is 0.209 e. The van der Waals surface area contributed by atoms with E-state index in [1.165, 1.54) is 35.9 Å². The summed E-state index contributed by atoms with van der Waals surface area (Å²) in [6.07, 6.45) is 0. The Bertz CT molecular complexity index is 1050. The molecule has 0 spiro atoms. The zero-order chi connectivity index (χ0) is 18.5. The fourth-order valence-electron chi connectivity index (χ4n) is 2.68. The molecule has 0 aliphatic heterocycles. The van der Waals surface area contributed by atoms with Gasteiger partial charge in [0.15, 0.2) is 9.84 Å². The minimum atomic E-state index is -3.69. The van der Waals surface area contributed by atoms with Gasteiger partial charge in [-0.25, -0.2) is 13.4 Å². The predicted molar refractivity (Wildman–Crippen MR) is 92.6 cm³/mol. The molecule has 1 aliphatic carbocycles. The van der Waals surface area contributed by atoms with E-state index in [0.29, 0.717) is 16.2 Å². The number of hydrogen-bond donors (Lipinski definition) is 0. The summed E-state index contributed by atoms with van der Waals surface area (Å²) in [7, 11) is -2.15. The molecule has 1 heterocycles. The maximum Gasteiger partial charge on any atom is 0.209 e. The van der Waals surface area contributed by atoms with Gasteiger partial charge >= 0.3 is 0 Å². The minimum absolute atomic E-state index is 0.0110. The largest absolute Gasteiger partial charge is 0.327 e. The molecular weight excluding hydrogens is 364 g/mol. The summed E-state index contributed by atoms with van der Waals surface area (Å²) in [6.45, 7) is 3.15. The second-order valence-corrected chi connectivity index (χ2v) is 8.33. The van der Waals surface area contributed by atoms with Gasteiger partial charge in [0.05, 0.1) is 4.90 Å². The maximum absolute atomic E-state index is 12.6. The fraction of sp³-hybridized carbons (Fsp3) is 0.235. The number of fused-ring (bicyclic) bond motifs is 1. The molecule has 130 valence electrons. The summed E-state index contributed by atoms with van der Waals surface area (Å²) < 4.78 is 26.6. The van der Waals surface area contributed by atoms with Crippen LogP contribution in [0.1, 0.15) is 40.6 Å². The Morgan fingerprint density at radius 3 is 2.20 bits per heavy atom. The van der Waals surface area contributed by atoms with Crippen molar-refractivity contribution < 1.29 is 18.0 Å². The van der Waals surface area contributed by atoms with Crippen molar-refractivity contribution >= 4 is 33.0 Å². The number of halogens is 1. The second-order valence-electron chi connectivity index (χ2n) is 5.91. The number of ketones is 2. The fourth-order valence-corrected chi connectivity index (χ4v) is 4.12. The minimum Gasteiger partial charge on any atom is -0.327 e. The Morgan fingerprint density at radius 1 is 1.04 bits per heavy atom. The van der Waals surface area contributed by atoms with Crippen LogP contribution in [0.3, 0.4) is 0 Å². The zero-order valence-electron chi connectivity index (χ0n) is 13.8. The molecule has 0 bridgehead atoms. The van der Waals surface area contributed by atoms with E-state index in [0.717, 1.165) is 0 Å². The molecule has 0 amide bonds.